The second kappa shape index (κ2) is 8.98. The summed E-state index contributed by atoms with van der Waals surface area (Å²) >= 11 is 5.80. The third-order valence-corrected chi connectivity index (χ3v) is 5.65. The van der Waals surface area contributed by atoms with E-state index in [1.807, 2.05) is 19.1 Å². The Balaban J connectivity index is 1.58. The van der Waals surface area contributed by atoms with Crippen molar-refractivity contribution >= 4 is 38.9 Å². The third-order valence-electron chi connectivity index (χ3n) is 4.02. The number of hydrogen-bond donors (Lipinski definition) is 2. The summed E-state index contributed by atoms with van der Waals surface area (Å²) in [5.74, 6) is 0.0383. The number of hydrogen-bond acceptors (Lipinski definition) is 4. The molecule has 0 saturated heterocycles. The summed E-state index contributed by atoms with van der Waals surface area (Å²) in [5.41, 5.74) is 1.95. The highest BCUT2D eigenvalue weighted by Gasteiger charge is 2.15. The number of ether oxygens (including phenoxy) is 1. The van der Waals surface area contributed by atoms with E-state index in [9.17, 15) is 13.2 Å². The fraction of sp³-hybridized carbons (Fsp3) is 0.0952. The van der Waals surface area contributed by atoms with Crippen LogP contribution >= 0.6 is 11.6 Å². The average molecular weight is 431 g/mol. The second-order valence-electron chi connectivity index (χ2n) is 6.24. The van der Waals surface area contributed by atoms with Gasteiger partial charge in [-0.05, 0) is 67.1 Å². The molecule has 0 aliphatic rings. The van der Waals surface area contributed by atoms with Crippen molar-refractivity contribution < 1.29 is 17.9 Å². The molecule has 1 amide bonds. The maximum atomic E-state index is 12.5. The minimum atomic E-state index is -3.72. The Kier molecular flexibility index (Phi) is 6.41. The lowest BCUT2D eigenvalue weighted by Crippen LogP contribution is -2.20. The minimum Gasteiger partial charge on any atom is -0.484 e. The van der Waals surface area contributed by atoms with Crippen LogP contribution in [0.1, 0.15) is 5.56 Å². The molecule has 0 heterocycles. The number of halogens is 1. The fourth-order valence-corrected chi connectivity index (χ4v) is 3.74. The van der Waals surface area contributed by atoms with Crippen molar-refractivity contribution in [2.45, 2.75) is 11.8 Å². The van der Waals surface area contributed by atoms with Crippen molar-refractivity contribution in [1.82, 2.24) is 0 Å². The molecule has 3 aromatic carbocycles. The van der Waals surface area contributed by atoms with Gasteiger partial charge in [0.2, 0.25) is 0 Å². The average Bonchev–Trinajstić information content (AvgIpc) is 2.70. The van der Waals surface area contributed by atoms with Crippen LogP contribution in [-0.2, 0) is 14.8 Å². The standard InChI is InChI=1S/C21H19ClN2O4S/c1-15-4-2-3-5-20(15)24-29(26,27)19-12-10-18(11-13-19)28-14-21(25)23-17-8-6-16(22)7-9-17/h2-13,24H,14H2,1H3,(H,23,25). The number of nitrogens with one attached hydrogen (secondary N) is 2. The van der Waals surface area contributed by atoms with Crippen LogP contribution in [0.25, 0.3) is 0 Å². The van der Waals surface area contributed by atoms with Crippen LogP contribution in [0.15, 0.2) is 77.7 Å². The van der Waals surface area contributed by atoms with E-state index in [-0.39, 0.29) is 17.4 Å². The number of aryl methyl sites for hydroxylation is 1. The Bertz CT molecular complexity index is 1100. The highest BCUT2D eigenvalue weighted by molar-refractivity contribution is 7.92. The summed E-state index contributed by atoms with van der Waals surface area (Å²) in [6.07, 6.45) is 0. The van der Waals surface area contributed by atoms with Gasteiger partial charge in [-0.2, -0.15) is 0 Å². The molecule has 0 unspecified atom stereocenters. The number of carbonyl (C=O) groups excluding carboxylic acids is 1. The number of benzene rings is 3. The highest BCUT2D eigenvalue weighted by Crippen LogP contribution is 2.21. The van der Waals surface area contributed by atoms with Gasteiger partial charge < -0.3 is 10.1 Å². The van der Waals surface area contributed by atoms with Crippen molar-refractivity contribution in [3.05, 3.63) is 83.4 Å². The molecule has 0 saturated carbocycles. The van der Waals surface area contributed by atoms with Crippen molar-refractivity contribution in [2.24, 2.45) is 0 Å². The maximum Gasteiger partial charge on any atom is 0.262 e. The van der Waals surface area contributed by atoms with Crippen molar-refractivity contribution in [1.29, 1.82) is 0 Å². The molecule has 6 nitrogen and oxygen atoms in total. The largest absolute Gasteiger partial charge is 0.484 e. The van der Waals surface area contributed by atoms with Crippen molar-refractivity contribution in [3.63, 3.8) is 0 Å². The monoisotopic (exact) mass is 430 g/mol. The first-order valence-corrected chi connectivity index (χ1v) is 10.6. The normalized spacial score (nSPS) is 11.0. The smallest absolute Gasteiger partial charge is 0.262 e. The van der Waals surface area contributed by atoms with E-state index < -0.39 is 10.0 Å². The molecule has 29 heavy (non-hydrogen) atoms. The van der Waals surface area contributed by atoms with Crippen LogP contribution in [0, 0.1) is 6.92 Å². The molecule has 0 fully saturated rings. The highest BCUT2D eigenvalue weighted by atomic mass is 35.5. The lowest BCUT2D eigenvalue weighted by atomic mass is 10.2. The van der Waals surface area contributed by atoms with Gasteiger partial charge in [-0.3, -0.25) is 9.52 Å². The number of amides is 1. The Hall–Kier alpha value is -3.03. The summed E-state index contributed by atoms with van der Waals surface area (Å²) in [4.78, 5) is 12.1. The van der Waals surface area contributed by atoms with E-state index in [4.69, 9.17) is 16.3 Å². The topological polar surface area (TPSA) is 84.5 Å². The molecule has 3 aromatic rings. The molecule has 0 aromatic heterocycles. The minimum absolute atomic E-state index is 0.0960. The number of carbonyl (C=O) groups is 1. The zero-order valence-electron chi connectivity index (χ0n) is 15.6. The predicted molar refractivity (Wildman–Crippen MR) is 114 cm³/mol. The van der Waals surface area contributed by atoms with Gasteiger partial charge in [-0.25, -0.2) is 8.42 Å². The van der Waals surface area contributed by atoms with Gasteiger partial charge in [-0.15, -0.1) is 0 Å². The van der Waals surface area contributed by atoms with Gasteiger partial charge in [0.1, 0.15) is 5.75 Å². The molecule has 0 radical (unpaired) electrons. The van der Waals surface area contributed by atoms with E-state index in [0.717, 1.165) is 5.56 Å². The molecule has 8 heteroatoms. The molecule has 0 bridgehead atoms. The first-order valence-electron chi connectivity index (χ1n) is 8.70. The molecule has 0 spiro atoms. The number of sulfonamides is 1. The van der Waals surface area contributed by atoms with Gasteiger partial charge in [0, 0.05) is 10.7 Å². The van der Waals surface area contributed by atoms with Crippen LogP contribution in [0.2, 0.25) is 5.02 Å². The Morgan fingerprint density at radius 1 is 0.966 bits per heavy atom. The third kappa shape index (κ3) is 5.73. The summed E-state index contributed by atoms with van der Waals surface area (Å²) < 4.78 is 33.0. The molecular weight excluding hydrogens is 412 g/mol. The first kappa shape index (κ1) is 20.7. The van der Waals surface area contributed by atoms with Crippen molar-refractivity contribution in [3.8, 4) is 5.75 Å². The maximum absolute atomic E-state index is 12.5. The van der Waals surface area contributed by atoms with Crippen LogP contribution in [-0.4, -0.2) is 20.9 Å². The van der Waals surface area contributed by atoms with E-state index in [0.29, 0.717) is 22.1 Å². The number of rotatable bonds is 7. The number of anilines is 2. The predicted octanol–water partition coefficient (Wildman–Crippen LogP) is 4.47. The number of para-hydroxylation sites is 1. The van der Waals surface area contributed by atoms with Crippen LogP contribution in [0.3, 0.4) is 0 Å². The van der Waals surface area contributed by atoms with Crippen LogP contribution < -0.4 is 14.8 Å². The van der Waals surface area contributed by atoms with E-state index in [2.05, 4.69) is 10.0 Å². The molecule has 150 valence electrons. The van der Waals surface area contributed by atoms with E-state index in [1.54, 1.807) is 36.4 Å². The lowest BCUT2D eigenvalue weighted by molar-refractivity contribution is -0.118. The van der Waals surface area contributed by atoms with Gasteiger partial charge in [0.15, 0.2) is 6.61 Å². The Labute approximate surface area is 174 Å². The van der Waals surface area contributed by atoms with Crippen LogP contribution in [0.4, 0.5) is 11.4 Å². The molecule has 3 rings (SSSR count). The first-order chi connectivity index (χ1) is 13.8. The van der Waals surface area contributed by atoms with Crippen LogP contribution in [0.5, 0.6) is 5.75 Å². The Morgan fingerprint density at radius 2 is 1.62 bits per heavy atom. The molecule has 0 aliphatic carbocycles. The fourth-order valence-electron chi connectivity index (χ4n) is 2.49. The van der Waals surface area contributed by atoms with Gasteiger partial charge in [-0.1, -0.05) is 29.8 Å². The summed E-state index contributed by atoms with van der Waals surface area (Å²) in [6, 6.07) is 19.7. The van der Waals surface area contributed by atoms with Gasteiger partial charge >= 0.3 is 0 Å². The Morgan fingerprint density at radius 3 is 2.28 bits per heavy atom. The second-order valence-corrected chi connectivity index (χ2v) is 8.35. The van der Waals surface area contributed by atoms with Crippen molar-refractivity contribution in [2.75, 3.05) is 16.6 Å². The molecule has 2 N–H and O–H groups in total. The van der Waals surface area contributed by atoms with Gasteiger partial charge in [0.25, 0.3) is 15.9 Å². The molecular formula is C21H19ClN2O4S. The van der Waals surface area contributed by atoms with Gasteiger partial charge in [0.05, 0.1) is 10.6 Å². The summed E-state index contributed by atoms with van der Waals surface area (Å²) in [7, 11) is -3.72. The zero-order chi connectivity index (χ0) is 20.9. The zero-order valence-corrected chi connectivity index (χ0v) is 17.1. The van der Waals surface area contributed by atoms with E-state index in [1.165, 1.54) is 24.3 Å². The summed E-state index contributed by atoms with van der Waals surface area (Å²) in [5, 5.41) is 3.25. The quantitative estimate of drug-likeness (QED) is 0.579. The molecule has 0 aliphatic heterocycles. The lowest BCUT2D eigenvalue weighted by Gasteiger charge is -2.11. The van der Waals surface area contributed by atoms with E-state index >= 15 is 0 Å². The SMILES string of the molecule is Cc1ccccc1NS(=O)(=O)c1ccc(OCC(=O)Nc2ccc(Cl)cc2)cc1. The summed E-state index contributed by atoms with van der Waals surface area (Å²) in [6.45, 7) is 1.61. The molecule has 0 atom stereocenters.